The van der Waals surface area contributed by atoms with Crippen LogP contribution in [0.1, 0.15) is 31.3 Å². The first-order valence-electron chi connectivity index (χ1n) is 4.84. The fourth-order valence-corrected chi connectivity index (χ4v) is 2.47. The summed E-state index contributed by atoms with van der Waals surface area (Å²) in [5, 5.41) is 1.22. The fraction of sp³-hybridized carbons (Fsp3) is 0.417. The number of thiazole rings is 1. The summed E-state index contributed by atoms with van der Waals surface area (Å²) in [5.41, 5.74) is 2.60. The molecule has 0 aliphatic rings. The maximum atomic E-state index is 4.64. The van der Waals surface area contributed by atoms with Crippen LogP contribution in [0.4, 0.5) is 0 Å². The van der Waals surface area contributed by atoms with Crippen LogP contribution >= 0.6 is 11.3 Å². The highest BCUT2D eigenvalue weighted by atomic mass is 32.1. The molecule has 2 aromatic rings. The summed E-state index contributed by atoms with van der Waals surface area (Å²) >= 11 is 1.81. The molecule has 74 valence electrons. The lowest BCUT2D eigenvalue weighted by Gasteiger charge is -2.13. The normalized spacial score (nSPS) is 12.3. The standard InChI is InChI=1S/C12H15NS/c1-8-5-6-9-10(7-8)14-11(13-9)12(2,3)4/h5-7H,1-4H3. The zero-order valence-electron chi connectivity index (χ0n) is 9.09. The van der Waals surface area contributed by atoms with E-state index in [1.54, 1.807) is 0 Å². The molecule has 0 aliphatic heterocycles. The van der Waals surface area contributed by atoms with Gasteiger partial charge in [0.15, 0.2) is 0 Å². The Labute approximate surface area is 88.8 Å². The average Bonchev–Trinajstić information content (AvgIpc) is 2.45. The van der Waals surface area contributed by atoms with E-state index in [1.807, 2.05) is 11.3 Å². The molecule has 1 nitrogen and oxygen atoms in total. The molecule has 1 heterocycles. The molecule has 1 aromatic carbocycles. The highest BCUT2D eigenvalue weighted by molar-refractivity contribution is 7.18. The molecule has 0 saturated heterocycles. The van der Waals surface area contributed by atoms with Crippen LogP contribution in [0.3, 0.4) is 0 Å². The van der Waals surface area contributed by atoms with Crippen molar-refractivity contribution in [3.63, 3.8) is 0 Å². The topological polar surface area (TPSA) is 12.9 Å². The molecule has 0 radical (unpaired) electrons. The van der Waals surface area contributed by atoms with Crippen LogP contribution in [0, 0.1) is 6.92 Å². The van der Waals surface area contributed by atoms with Gasteiger partial charge in [0, 0.05) is 5.41 Å². The second-order valence-corrected chi connectivity index (χ2v) is 5.77. The minimum Gasteiger partial charge on any atom is -0.241 e. The summed E-state index contributed by atoms with van der Waals surface area (Å²) < 4.78 is 1.30. The third-order valence-electron chi connectivity index (χ3n) is 2.19. The number of hydrogen-bond donors (Lipinski definition) is 0. The number of nitrogens with zero attached hydrogens (tertiary/aromatic N) is 1. The van der Waals surface area contributed by atoms with Crippen molar-refractivity contribution in [3.8, 4) is 0 Å². The molecule has 0 aliphatic carbocycles. The van der Waals surface area contributed by atoms with E-state index in [-0.39, 0.29) is 5.41 Å². The van der Waals surface area contributed by atoms with Gasteiger partial charge in [0.05, 0.1) is 15.2 Å². The van der Waals surface area contributed by atoms with Crippen LogP contribution in [0.25, 0.3) is 10.2 Å². The molecule has 0 fully saturated rings. The third-order valence-corrected chi connectivity index (χ3v) is 3.63. The van der Waals surface area contributed by atoms with Gasteiger partial charge in [-0.05, 0) is 24.6 Å². The lowest BCUT2D eigenvalue weighted by atomic mass is 9.98. The molecule has 0 saturated carbocycles. The van der Waals surface area contributed by atoms with Gasteiger partial charge in [0.2, 0.25) is 0 Å². The van der Waals surface area contributed by atoms with Crippen molar-refractivity contribution in [1.82, 2.24) is 4.98 Å². The van der Waals surface area contributed by atoms with Gasteiger partial charge in [-0.3, -0.25) is 0 Å². The van der Waals surface area contributed by atoms with E-state index in [2.05, 4.69) is 50.9 Å². The van der Waals surface area contributed by atoms with Crippen molar-refractivity contribution >= 4 is 21.6 Å². The van der Waals surface area contributed by atoms with Crippen molar-refractivity contribution in [1.29, 1.82) is 0 Å². The lowest BCUT2D eigenvalue weighted by molar-refractivity contribution is 0.587. The Morgan fingerprint density at radius 3 is 2.57 bits per heavy atom. The quantitative estimate of drug-likeness (QED) is 0.635. The van der Waals surface area contributed by atoms with Crippen molar-refractivity contribution in [2.45, 2.75) is 33.1 Å². The van der Waals surface area contributed by atoms with E-state index in [0.717, 1.165) is 5.52 Å². The molecule has 0 spiro atoms. The van der Waals surface area contributed by atoms with Gasteiger partial charge in [-0.15, -0.1) is 11.3 Å². The zero-order chi connectivity index (χ0) is 10.3. The number of hydrogen-bond acceptors (Lipinski definition) is 2. The maximum Gasteiger partial charge on any atom is 0.0992 e. The summed E-state index contributed by atoms with van der Waals surface area (Å²) in [4.78, 5) is 4.64. The minimum atomic E-state index is 0.164. The summed E-state index contributed by atoms with van der Waals surface area (Å²) in [7, 11) is 0. The van der Waals surface area contributed by atoms with Crippen molar-refractivity contribution in [2.75, 3.05) is 0 Å². The first-order valence-corrected chi connectivity index (χ1v) is 5.66. The van der Waals surface area contributed by atoms with Crippen LogP contribution < -0.4 is 0 Å². The van der Waals surface area contributed by atoms with Gasteiger partial charge >= 0.3 is 0 Å². The highest BCUT2D eigenvalue weighted by Gasteiger charge is 2.18. The Hall–Kier alpha value is -0.890. The van der Waals surface area contributed by atoms with E-state index >= 15 is 0 Å². The van der Waals surface area contributed by atoms with Crippen LogP contribution in [-0.2, 0) is 5.41 Å². The molecule has 2 rings (SSSR count). The fourth-order valence-electron chi connectivity index (χ4n) is 1.35. The molecule has 0 atom stereocenters. The van der Waals surface area contributed by atoms with Crippen molar-refractivity contribution < 1.29 is 0 Å². The van der Waals surface area contributed by atoms with Crippen LogP contribution in [-0.4, -0.2) is 4.98 Å². The number of aryl methyl sites for hydroxylation is 1. The van der Waals surface area contributed by atoms with E-state index in [1.165, 1.54) is 15.3 Å². The third kappa shape index (κ3) is 1.67. The second-order valence-electron chi connectivity index (χ2n) is 4.74. The largest absolute Gasteiger partial charge is 0.241 e. The summed E-state index contributed by atoms with van der Waals surface area (Å²) in [5.74, 6) is 0. The van der Waals surface area contributed by atoms with E-state index in [9.17, 15) is 0 Å². The summed E-state index contributed by atoms with van der Waals surface area (Å²) in [6.07, 6.45) is 0. The molecule has 1 aromatic heterocycles. The molecule has 0 bridgehead atoms. The minimum absolute atomic E-state index is 0.164. The predicted molar refractivity (Wildman–Crippen MR) is 63.1 cm³/mol. The summed E-state index contributed by atoms with van der Waals surface area (Å²) in [6, 6.07) is 6.44. The Morgan fingerprint density at radius 1 is 1.21 bits per heavy atom. The zero-order valence-corrected chi connectivity index (χ0v) is 9.90. The van der Waals surface area contributed by atoms with Crippen LogP contribution in [0.5, 0.6) is 0 Å². The smallest absolute Gasteiger partial charge is 0.0992 e. The monoisotopic (exact) mass is 205 g/mol. The SMILES string of the molecule is Cc1ccc2nc(C(C)(C)C)sc2c1. The van der Waals surface area contributed by atoms with Gasteiger partial charge in [-0.1, -0.05) is 26.8 Å². The number of benzene rings is 1. The highest BCUT2D eigenvalue weighted by Crippen LogP contribution is 2.31. The van der Waals surface area contributed by atoms with Crippen LogP contribution in [0.15, 0.2) is 18.2 Å². The second kappa shape index (κ2) is 3.06. The molecular formula is C12H15NS. The maximum absolute atomic E-state index is 4.64. The van der Waals surface area contributed by atoms with Gasteiger partial charge in [-0.2, -0.15) is 0 Å². The van der Waals surface area contributed by atoms with E-state index in [0.29, 0.717) is 0 Å². The number of aromatic nitrogens is 1. The van der Waals surface area contributed by atoms with E-state index in [4.69, 9.17) is 0 Å². The Kier molecular flexibility index (Phi) is 2.11. The molecule has 0 amide bonds. The lowest BCUT2D eigenvalue weighted by Crippen LogP contribution is -2.09. The summed E-state index contributed by atoms with van der Waals surface area (Å²) in [6.45, 7) is 8.74. The van der Waals surface area contributed by atoms with Gasteiger partial charge in [0.1, 0.15) is 0 Å². The predicted octanol–water partition coefficient (Wildman–Crippen LogP) is 3.90. The van der Waals surface area contributed by atoms with E-state index < -0.39 is 0 Å². The number of fused-ring (bicyclic) bond motifs is 1. The Bertz CT molecular complexity index is 463. The van der Waals surface area contributed by atoms with Crippen molar-refractivity contribution in [2.24, 2.45) is 0 Å². The molecule has 0 N–H and O–H groups in total. The Morgan fingerprint density at radius 2 is 1.93 bits per heavy atom. The average molecular weight is 205 g/mol. The number of rotatable bonds is 0. The molecule has 0 unspecified atom stereocenters. The van der Waals surface area contributed by atoms with Crippen molar-refractivity contribution in [3.05, 3.63) is 28.8 Å². The van der Waals surface area contributed by atoms with Crippen LogP contribution in [0.2, 0.25) is 0 Å². The van der Waals surface area contributed by atoms with Gasteiger partial charge < -0.3 is 0 Å². The Balaban J connectivity index is 2.63. The first-order chi connectivity index (χ1) is 6.47. The van der Waals surface area contributed by atoms with Gasteiger partial charge in [-0.25, -0.2) is 4.98 Å². The van der Waals surface area contributed by atoms with Gasteiger partial charge in [0.25, 0.3) is 0 Å². The molecular weight excluding hydrogens is 190 g/mol. The molecule has 14 heavy (non-hydrogen) atoms. The molecule has 2 heteroatoms. The first kappa shape index (κ1) is 9.66.